The van der Waals surface area contributed by atoms with Gasteiger partial charge in [0.2, 0.25) is 0 Å². The molecule has 0 radical (unpaired) electrons. The van der Waals surface area contributed by atoms with Gasteiger partial charge in [-0.1, -0.05) is 118 Å². The molecule has 2 aliphatic rings. The second-order valence-corrected chi connectivity index (χ2v) is 9.88. The Hall–Kier alpha value is -3.55. The molecule has 0 N–H and O–H groups in total. The molecule has 0 saturated carbocycles. The zero-order chi connectivity index (χ0) is 22.1. The van der Waals surface area contributed by atoms with Crippen LogP contribution in [-0.2, 0) is 5.06 Å². The van der Waals surface area contributed by atoms with Gasteiger partial charge in [0.1, 0.15) is 11.5 Å². The molecule has 0 aliphatic carbocycles. The summed E-state index contributed by atoms with van der Waals surface area (Å²) in [6, 6.07) is 39.8. The lowest BCUT2D eigenvalue weighted by molar-refractivity contribution is 0.479. The monoisotopic (exact) mass is 444 g/mol. The molecule has 4 heteroatoms. The highest BCUT2D eigenvalue weighted by Gasteiger charge is 2.54. The highest BCUT2D eigenvalue weighted by atomic mass is 31.1. The fraction of sp³-hybridized carbons (Fsp3) is 0.0345. The van der Waals surface area contributed by atoms with Crippen molar-refractivity contribution in [3.63, 3.8) is 0 Å². The van der Waals surface area contributed by atoms with Crippen LogP contribution in [0.5, 0.6) is 11.5 Å². The van der Waals surface area contributed by atoms with Gasteiger partial charge < -0.3 is 9.31 Å². The molecule has 4 aromatic carbocycles. The zero-order valence-corrected chi connectivity index (χ0v) is 19.0. The van der Waals surface area contributed by atoms with E-state index < -0.39 is 12.2 Å². The van der Waals surface area contributed by atoms with Gasteiger partial charge in [-0.15, -0.1) is 0 Å². The molecule has 33 heavy (non-hydrogen) atoms. The average molecular weight is 444 g/mol. The van der Waals surface area contributed by atoms with Gasteiger partial charge in [0.25, 0.3) is 0 Å². The second-order valence-electron chi connectivity index (χ2n) is 8.26. The number of fused-ring (bicyclic) bond motifs is 1. The van der Waals surface area contributed by atoms with Crippen molar-refractivity contribution < 1.29 is 9.31 Å². The minimum absolute atomic E-state index is 0.436. The fourth-order valence-electron chi connectivity index (χ4n) is 4.53. The van der Waals surface area contributed by atoms with Crippen molar-refractivity contribution in [3.8, 4) is 11.5 Å². The van der Waals surface area contributed by atoms with Crippen molar-refractivity contribution in [3.05, 3.63) is 144 Å². The maximum atomic E-state index is 6.49. The Morgan fingerprint density at radius 2 is 1.09 bits per heavy atom. The predicted octanol–water partition coefficient (Wildman–Crippen LogP) is 7.20. The lowest BCUT2D eigenvalue weighted by Crippen LogP contribution is -2.46. The summed E-state index contributed by atoms with van der Waals surface area (Å²) in [5.41, 5.74) is 4.79. The summed E-state index contributed by atoms with van der Waals surface area (Å²) in [5, 5.41) is 0.828. The van der Waals surface area contributed by atoms with Crippen molar-refractivity contribution in [2.45, 2.75) is 5.06 Å². The summed E-state index contributed by atoms with van der Waals surface area (Å²) < 4.78 is 13.0. The van der Waals surface area contributed by atoms with E-state index >= 15 is 0 Å². The molecule has 2 aliphatic heterocycles. The summed E-state index contributed by atoms with van der Waals surface area (Å²) in [6.07, 6.45) is 4.69. The number of benzene rings is 4. The van der Waals surface area contributed by atoms with Gasteiger partial charge in [0.15, 0.2) is 0 Å². The van der Waals surface area contributed by atoms with Crippen molar-refractivity contribution in [1.82, 2.24) is 0 Å². The van der Waals surface area contributed by atoms with Crippen LogP contribution in [0, 0.1) is 0 Å². The lowest BCUT2D eigenvalue weighted by Gasteiger charge is -2.36. The fourth-order valence-corrected chi connectivity index (χ4v) is 6.28. The number of hydrogen-bond donors (Lipinski definition) is 0. The molecular formula is C29H22BO2P. The second kappa shape index (κ2) is 8.43. The highest BCUT2D eigenvalue weighted by Crippen LogP contribution is 2.59. The minimum atomic E-state index is -0.467. The average Bonchev–Trinajstić information content (AvgIpc) is 3.35. The van der Waals surface area contributed by atoms with Crippen LogP contribution in [0.2, 0.25) is 0 Å². The summed E-state index contributed by atoms with van der Waals surface area (Å²) in [4.78, 5) is 0. The van der Waals surface area contributed by atoms with E-state index in [1.54, 1.807) is 0 Å². The van der Waals surface area contributed by atoms with E-state index in [9.17, 15) is 0 Å². The Morgan fingerprint density at radius 3 is 1.70 bits per heavy atom. The summed E-state index contributed by atoms with van der Waals surface area (Å²) in [5.74, 6) is 1.60. The van der Waals surface area contributed by atoms with E-state index in [1.165, 1.54) is 27.6 Å². The molecule has 158 valence electrons. The molecule has 0 fully saturated rings. The first kappa shape index (κ1) is 20.1. The molecular weight excluding hydrogens is 422 g/mol. The summed E-state index contributed by atoms with van der Waals surface area (Å²) in [6.45, 7) is 0. The van der Waals surface area contributed by atoms with E-state index in [0.29, 0.717) is 8.58 Å². The van der Waals surface area contributed by atoms with E-state index in [-0.39, 0.29) is 0 Å². The zero-order valence-electron chi connectivity index (χ0n) is 18.0. The van der Waals surface area contributed by atoms with Crippen molar-refractivity contribution in [2.24, 2.45) is 0 Å². The maximum Gasteiger partial charge on any atom is 0.615 e. The number of allylic oxidation sites excluding steroid dienone is 3. The normalized spacial score (nSPS) is 19.8. The Morgan fingerprint density at radius 1 is 0.576 bits per heavy atom. The Labute approximate surface area is 196 Å². The SMILES string of the molecule is C1=C(c2ccccc2)C=C(c2ccccc2)P[C@@]1(B1Oc2ccccc2O1)c1ccccc1. The van der Waals surface area contributed by atoms with Gasteiger partial charge in [-0.25, -0.2) is 0 Å². The first-order valence-electron chi connectivity index (χ1n) is 11.1. The Balaban J connectivity index is 1.55. The largest absolute Gasteiger partial charge is 0.615 e. The Bertz CT molecular complexity index is 1310. The van der Waals surface area contributed by atoms with Crippen LogP contribution in [0.25, 0.3) is 10.9 Å². The van der Waals surface area contributed by atoms with Crippen LogP contribution in [0.3, 0.4) is 0 Å². The van der Waals surface area contributed by atoms with Gasteiger partial charge in [0.05, 0.1) is 5.06 Å². The van der Waals surface area contributed by atoms with Crippen molar-refractivity contribution >= 4 is 26.6 Å². The topological polar surface area (TPSA) is 18.5 Å². The maximum absolute atomic E-state index is 6.49. The first-order valence-corrected chi connectivity index (χ1v) is 12.1. The van der Waals surface area contributed by atoms with E-state index in [2.05, 4.69) is 103 Å². The third-order valence-electron chi connectivity index (χ3n) is 6.16. The lowest BCUT2D eigenvalue weighted by atomic mass is 9.65. The van der Waals surface area contributed by atoms with Gasteiger partial charge in [-0.2, -0.15) is 0 Å². The standard InChI is InChI=1S/C29H22BO2P/c1-4-12-22(13-5-1)24-20-28(23-14-6-2-7-15-23)33-29(21-24,25-16-8-3-9-17-25)30-31-26-18-10-11-19-27(26)32-30/h1-21,33H/t29-/m1/s1. The molecule has 0 aromatic heterocycles. The van der Waals surface area contributed by atoms with Crippen molar-refractivity contribution in [2.75, 3.05) is 0 Å². The summed E-state index contributed by atoms with van der Waals surface area (Å²) in [7, 11) is -0.0203. The molecule has 2 heterocycles. The van der Waals surface area contributed by atoms with Gasteiger partial charge in [-0.05, 0) is 45.8 Å². The van der Waals surface area contributed by atoms with Crippen LogP contribution in [0.15, 0.2) is 127 Å². The van der Waals surface area contributed by atoms with Gasteiger partial charge in [0, 0.05) is 0 Å². The molecule has 1 unspecified atom stereocenters. The molecule has 0 spiro atoms. The molecule has 2 atom stereocenters. The van der Waals surface area contributed by atoms with E-state index in [4.69, 9.17) is 9.31 Å². The molecule has 0 saturated heterocycles. The summed E-state index contributed by atoms with van der Waals surface area (Å²) >= 11 is 0. The molecule has 0 amide bonds. The number of para-hydroxylation sites is 2. The third kappa shape index (κ3) is 3.69. The van der Waals surface area contributed by atoms with E-state index in [0.717, 1.165) is 11.5 Å². The van der Waals surface area contributed by atoms with Crippen LogP contribution in [-0.4, -0.2) is 7.12 Å². The third-order valence-corrected chi connectivity index (χ3v) is 7.94. The number of rotatable bonds is 4. The minimum Gasteiger partial charge on any atom is -0.522 e. The van der Waals surface area contributed by atoms with E-state index in [1.807, 2.05) is 24.3 Å². The smallest absolute Gasteiger partial charge is 0.522 e. The van der Waals surface area contributed by atoms with Gasteiger partial charge >= 0.3 is 7.12 Å². The highest BCUT2D eigenvalue weighted by molar-refractivity contribution is 7.54. The quantitative estimate of drug-likeness (QED) is 0.245. The van der Waals surface area contributed by atoms with Gasteiger partial charge in [-0.3, -0.25) is 0 Å². The Kier molecular flexibility index (Phi) is 5.13. The first-order chi connectivity index (χ1) is 16.3. The molecule has 0 bridgehead atoms. The molecule has 4 aromatic rings. The molecule has 6 rings (SSSR count). The number of hydrogen-bond acceptors (Lipinski definition) is 2. The van der Waals surface area contributed by atoms with Crippen LogP contribution in [0.1, 0.15) is 16.7 Å². The van der Waals surface area contributed by atoms with Crippen molar-refractivity contribution in [1.29, 1.82) is 0 Å². The van der Waals surface area contributed by atoms with Crippen LogP contribution < -0.4 is 9.31 Å². The molecule has 2 nitrogen and oxygen atoms in total. The van der Waals surface area contributed by atoms with Crippen LogP contribution >= 0.6 is 8.58 Å². The van der Waals surface area contributed by atoms with Crippen LogP contribution in [0.4, 0.5) is 0 Å². The predicted molar refractivity (Wildman–Crippen MR) is 139 cm³/mol.